The molecule has 0 bridgehead atoms. The third-order valence-electron chi connectivity index (χ3n) is 4.26. The second kappa shape index (κ2) is 5.88. The molecule has 1 aliphatic carbocycles. The first kappa shape index (κ1) is 13.6. The maximum atomic E-state index is 3.87. The Bertz CT molecular complexity index is 355. The van der Waals surface area contributed by atoms with Crippen LogP contribution in [0, 0.1) is 5.41 Å². The maximum Gasteiger partial charge on any atom is 0.0107 e. The zero-order valence-corrected chi connectivity index (χ0v) is 12.1. The maximum absolute atomic E-state index is 3.87. The number of hydrogen-bond donors (Lipinski definition) is 1. The fourth-order valence-corrected chi connectivity index (χ4v) is 3.13. The molecule has 1 heteroatoms. The summed E-state index contributed by atoms with van der Waals surface area (Å²) in [5, 5.41) is 3.87. The van der Waals surface area contributed by atoms with Crippen molar-refractivity contribution in [3.05, 3.63) is 35.9 Å². The lowest BCUT2D eigenvalue weighted by atomic mass is 9.91. The molecule has 100 valence electrons. The number of hydrogen-bond acceptors (Lipinski definition) is 1. The van der Waals surface area contributed by atoms with E-state index in [0.29, 0.717) is 11.5 Å². The van der Waals surface area contributed by atoms with Crippen molar-refractivity contribution in [3.63, 3.8) is 0 Å². The van der Waals surface area contributed by atoms with Crippen molar-refractivity contribution in [3.8, 4) is 0 Å². The van der Waals surface area contributed by atoms with Crippen LogP contribution in [0.4, 0.5) is 0 Å². The summed E-state index contributed by atoms with van der Waals surface area (Å²) in [7, 11) is 0. The van der Waals surface area contributed by atoms with E-state index in [4.69, 9.17) is 0 Å². The summed E-state index contributed by atoms with van der Waals surface area (Å²) in [6.45, 7) is 7.08. The Hall–Kier alpha value is -0.820. The molecule has 1 nitrogen and oxygen atoms in total. The van der Waals surface area contributed by atoms with Crippen LogP contribution in [0.15, 0.2) is 30.3 Å². The van der Waals surface area contributed by atoms with Gasteiger partial charge in [0.25, 0.3) is 0 Å². The van der Waals surface area contributed by atoms with Gasteiger partial charge in [0.2, 0.25) is 0 Å². The molecule has 2 unspecified atom stereocenters. The molecule has 2 atom stereocenters. The van der Waals surface area contributed by atoms with Crippen molar-refractivity contribution < 1.29 is 0 Å². The lowest BCUT2D eigenvalue weighted by Gasteiger charge is -2.23. The topological polar surface area (TPSA) is 12.0 Å². The van der Waals surface area contributed by atoms with E-state index in [9.17, 15) is 0 Å². The van der Waals surface area contributed by atoms with Crippen molar-refractivity contribution in [1.82, 2.24) is 5.32 Å². The van der Waals surface area contributed by atoms with Gasteiger partial charge >= 0.3 is 0 Å². The van der Waals surface area contributed by atoms with Crippen molar-refractivity contribution >= 4 is 0 Å². The second-order valence-electron chi connectivity index (χ2n) is 6.57. The average Bonchev–Trinajstić information content (AvgIpc) is 2.69. The van der Waals surface area contributed by atoms with Crippen LogP contribution in [0.2, 0.25) is 0 Å². The molecule has 0 aromatic heterocycles. The van der Waals surface area contributed by atoms with Gasteiger partial charge in [0, 0.05) is 12.1 Å². The molecule has 0 spiro atoms. The fraction of sp³-hybridized carbons (Fsp3) is 0.647. The van der Waals surface area contributed by atoms with E-state index in [0.717, 1.165) is 12.5 Å². The van der Waals surface area contributed by atoms with Gasteiger partial charge in [-0.2, -0.15) is 0 Å². The minimum atomic E-state index is 0.544. The summed E-state index contributed by atoms with van der Waals surface area (Å²) in [6, 6.07) is 12.2. The number of benzene rings is 1. The zero-order valence-electron chi connectivity index (χ0n) is 12.1. The van der Waals surface area contributed by atoms with E-state index in [1.807, 2.05) is 0 Å². The van der Waals surface area contributed by atoms with Crippen LogP contribution in [-0.4, -0.2) is 12.1 Å². The van der Waals surface area contributed by atoms with Crippen LogP contribution in [0.3, 0.4) is 0 Å². The summed E-state index contributed by atoms with van der Waals surface area (Å²) in [5.41, 5.74) is 2.00. The molecule has 0 aliphatic heterocycles. The van der Waals surface area contributed by atoms with Gasteiger partial charge in [0.05, 0.1) is 0 Å². The van der Waals surface area contributed by atoms with E-state index in [1.54, 1.807) is 0 Å². The molecule has 1 N–H and O–H groups in total. The van der Waals surface area contributed by atoms with Crippen molar-refractivity contribution in [1.29, 1.82) is 0 Å². The number of nitrogens with one attached hydrogen (secondary N) is 1. The summed E-state index contributed by atoms with van der Waals surface area (Å²) < 4.78 is 0. The quantitative estimate of drug-likeness (QED) is 0.820. The Balaban J connectivity index is 1.87. The highest BCUT2D eigenvalue weighted by molar-refractivity contribution is 5.16. The van der Waals surface area contributed by atoms with Gasteiger partial charge < -0.3 is 5.32 Å². The van der Waals surface area contributed by atoms with Crippen LogP contribution in [0.25, 0.3) is 0 Å². The molecule has 1 aromatic carbocycles. The molecular weight excluding hydrogens is 218 g/mol. The molecule has 1 fully saturated rings. The predicted molar refractivity (Wildman–Crippen MR) is 78.8 cm³/mol. The van der Waals surface area contributed by atoms with Gasteiger partial charge in [0.15, 0.2) is 0 Å². The Morgan fingerprint density at radius 2 is 2.00 bits per heavy atom. The summed E-state index contributed by atoms with van der Waals surface area (Å²) in [5.74, 6) is 0. The lowest BCUT2D eigenvalue weighted by molar-refractivity contribution is 0.348. The van der Waals surface area contributed by atoms with E-state index in [2.05, 4.69) is 56.4 Å². The standard InChI is InChI=1S/C17H27N/c1-4-15(12-14-8-6-5-7-9-14)18-16-10-11-17(2,3)13-16/h5-9,15-16,18H,4,10-13H2,1-3H3. The molecule has 18 heavy (non-hydrogen) atoms. The Morgan fingerprint density at radius 3 is 2.56 bits per heavy atom. The SMILES string of the molecule is CCC(Cc1ccccc1)NC1CCC(C)(C)C1. The largest absolute Gasteiger partial charge is 0.311 e. The molecular formula is C17H27N. The molecule has 1 aromatic rings. The first-order valence-corrected chi connectivity index (χ1v) is 7.39. The Labute approximate surface area is 112 Å². The van der Waals surface area contributed by atoms with Crippen LogP contribution in [0.1, 0.15) is 52.0 Å². The fourth-order valence-electron chi connectivity index (χ4n) is 3.13. The average molecular weight is 245 g/mol. The highest BCUT2D eigenvalue weighted by atomic mass is 15.0. The van der Waals surface area contributed by atoms with Gasteiger partial charge in [-0.15, -0.1) is 0 Å². The summed E-state index contributed by atoms with van der Waals surface area (Å²) in [6.07, 6.45) is 6.42. The van der Waals surface area contributed by atoms with Gasteiger partial charge in [-0.3, -0.25) is 0 Å². The molecule has 1 aliphatic rings. The number of rotatable bonds is 5. The van der Waals surface area contributed by atoms with E-state index in [1.165, 1.54) is 31.2 Å². The van der Waals surface area contributed by atoms with Crippen LogP contribution >= 0.6 is 0 Å². The molecule has 0 radical (unpaired) electrons. The first-order chi connectivity index (χ1) is 8.59. The third kappa shape index (κ3) is 3.84. The third-order valence-corrected chi connectivity index (χ3v) is 4.26. The second-order valence-corrected chi connectivity index (χ2v) is 6.57. The smallest absolute Gasteiger partial charge is 0.0107 e. The Morgan fingerprint density at radius 1 is 1.28 bits per heavy atom. The van der Waals surface area contributed by atoms with Crippen molar-refractivity contribution in [2.24, 2.45) is 5.41 Å². The van der Waals surface area contributed by atoms with Gasteiger partial charge in [-0.05, 0) is 43.1 Å². The van der Waals surface area contributed by atoms with E-state index < -0.39 is 0 Å². The van der Waals surface area contributed by atoms with Crippen molar-refractivity contribution in [2.75, 3.05) is 0 Å². The Kier molecular flexibility index (Phi) is 4.45. The van der Waals surface area contributed by atoms with Crippen LogP contribution in [0.5, 0.6) is 0 Å². The highest BCUT2D eigenvalue weighted by Gasteiger charge is 2.31. The van der Waals surface area contributed by atoms with E-state index >= 15 is 0 Å². The zero-order chi connectivity index (χ0) is 13.0. The van der Waals surface area contributed by atoms with Crippen LogP contribution in [-0.2, 0) is 6.42 Å². The molecule has 0 saturated heterocycles. The van der Waals surface area contributed by atoms with Gasteiger partial charge in [-0.1, -0.05) is 51.1 Å². The van der Waals surface area contributed by atoms with E-state index in [-0.39, 0.29) is 0 Å². The summed E-state index contributed by atoms with van der Waals surface area (Å²) >= 11 is 0. The predicted octanol–water partition coefficient (Wildman–Crippen LogP) is 4.18. The first-order valence-electron chi connectivity index (χ1n) is 7.39. The van der Waals surface area contributed by atoms with Crippen LogP contribution < -0.4 is 5.32 Å². The minimum Gasteiger partial charge on any atom is -0.311 e. The van der Waals surface area contributed by atoms with Crippen molar-refractivity contribution in [2.45, 2.75) is 65.0 Å². The van der Waals surface area contributed by atoms with Gasteiger partial charge in [-0.25, -0.2) is 0 Å². The summed E-state index contributed by atoms with van der Waals surface area (Å²) in [4.78, 5) is 0. The molecule has 0 heterocycles. The molecule has 0 amide bonds. The monoisotopic (exact) mass is 245 g/mol. The van der Waals surface area contributed by atoms with Gasteiger partial charge in [0.1, 0.15) is 0 Å². The molecule has 1 saturated carbocycles. The highest BCUT2D eigenvalue weighted by Crippen LogP contribution is 2.37. The lowest BCUT2D eigenvalue weighted by Crippen LogP contribution is -2.38. The molecule has 2 rings (SSSR count). The normalized spacial score (nSPS) is 24.1. The minimum absolute atomic E-state index is 0.544.